The van der Waals surface area contributed by atoms with Crippen LogP contribution in [0, 0.1) is 0 Å². The van der Waals surface area contributed by atoms with Crippen LogP contribution in [0.2, 0.25) is 0 Å². The lowest BCUT2D eigenvalue weighted by atomic mass is 10.0. The average Bonchev–Trinajstić information content (AvgIpc) is 2.70. The normalized spacial score (nSPS) is 10.5. The summed E-state index contributed by atoms with van der Waals surface area (Å²) in [7, 11) is 6.68. The number of benzene rings is 2. The van der Waals surface area contributed by atoms with Crippen molar-refractivity contribution in [3.63, 3.8) is 0 Å². The van der Waals surface area contributed by atoms with Gasteiger partial charge in [-0.2, -0.15) is 0 Å². The van der Waals surface area contributed by atoms with Gasteiger partial charge >= 0.3 is 0 Å². The third-order valence-corrected chi connectivity index (χ3v) is 4.58. The van der Waals surface area contributed by atoms with E-state index in [1.807, 2.05) is 12.1 Å². The van der Waals surface area contributed by atoms with Crippen LogP contribution in [0.3, 0.4) is 0 Å². The van der Waals surface area contributed by atoms with E-state index in [0.717, 1.165) is 35.8 Å². The van der Waals surface area contributed by atoms with Crippen molar-refractivity contribution < 1.29 is 18.9 Å². The minimum Gasteiger partial charge on any atom is -0.493 e. The Morgan fingerprint density at radius 1 is 0.500 bits per heavy atom. The van der Waals surface area contributed by atoms with Gasteiger partial charge in [0.2, 0.25) is 0 Å². The smallest absolute Gasteiger partial charge is 0.160 e. The fourth-order valence-corrected chi connectivity index (χ4v) is 3.08. The highest BCUT2D eigenvalue weighted by molar-refractivity contribution is 5.43. The molecule has 0 N–H and O–H groups in total. The monoisotopic (exact) mass is 358 g/mol. The molecule has 0 amide bonds. The van der Waals surface area contributed by atoms with Crippen molar-refractivity contribution in [2.24, 2.45) is 0 Å². The number of rotatable bonds is 11. The van der Waals surface area contributed by atoms with Crippen molar-refractivity contribution in [1.82, 2.24) is 0 Å². The van der Waals surface area contributed by atoms with Crippen LogP contribution in [0.25, 0.3) is 0 Å². The molecule has 26 heavy (non-hydrogen) atoms. The molecule has 2 aromatic carbocycles. The van der Waals surface area contributed by atoms with Crippen LogP contribution in [0.4, 0.5) is 0 Å². The summed E-state index contributed by atoms with van der Waals surface area (Å²) in [6.07, 6.45) is 6.94. The number of hydrogen-bond donors (Lipinski definition) is 0. The highest BCUT2D eigenvalue weighted by atomic mass is 16.5. The van der Waals surface area contributed by atoms with E-state index in [-0.39, 0.29) is 0 Å². The summed E-state index contributed by atoms with van der Waals surface area (Å²) < 4.78 is 21.3. The van der Waals surface area contributed by atoms with Gasteiger partial charge in [0.25, 0.3) is 0 Å². The minimum absolute atomic E-state index is 0.783. The molecule has 4 heteroatoms. The lowest BCUT2D eigenvalue weighted by Gasteiger charge is -2.10. The van der Waals surface area contributed by atoms with Gasteiger partial charge in [0.05, 0.1) is 28.4 Å². The Hall–Kier alpha value is -2.36. The van der Waals surface area contributed by atoms with Crippen molar-refractivity contribution in [2.75, 3.05) is 28.4 Å². The van der Waals surface area contributed by atoms with Gasteiger partial charge in [-0.05, 0) is 61.1 Å². The van der Waals surface area contributed by atoms with Gasteiger partial charge in [0.15, 0.2) is 23.0 Å². The maximum absolute atomic E-state index is 5.36. The molecular weight excluding hydrogens is 328 g/mol. The van der Waals surface area contributed by atoms with Crippen LogP contribution in [-0.2, 0) is 12.8 Å². The molecule has 0 aliphatic rings. The molecule has 0 heterocycles. The molecule has 0 saturated carbocycles. The molecule has 0 aromatic heterocycles. The first-order chi connectivity index (χ1) is 12.7. The van der Waals surface area contributed by atoms with E-state index in [0.29, 0.717) is 0 Å². The molecule has 0 aliphatic heterocycles. The number of hydrogen-bond acceptors (Lipinski definition) is 4. The zero-order valence-electron chi connectivity index (χ0n) is 16.3. The first kappa shape index (κ1) is 20.0. The van der Waals surface area contributed by atoms with Crippen molar-refractivity contribution in [3.05, 3.63) is 47.5 Å². The molecule has 2 aromatic rings. The summed E-state index contributed by atoms with van der Waals surface area (Å²) in [6.45, 7) is 0. The molecule has 142 valence electrons. The summed E-state index contributed by atoms with van der Waals surface area (Å²) in [5.74, 6) is 3.18. The van der Waals surface area contributed by atoms with E-state index in [2.05, 4.69) is 24.3 Å². The number of unbranched alkanes of at least 4 members (excludes halogenated alkanes) is 3. The van der Waals surface area contributed by atoms with Crippen molar-refractivity contribution in [1.29, 1.82) is 0 Å². The quantitative estimate of drug-likeness (QED) is 0.526. The highest BCUT2D eigenvalue weighted by Crippen LogP contribution is 2.29. The van der Waals surface area contributed by atoms with Crippen molar-refractivity contribution >= 4 is 0 Å². The zero-order chi connectivity index (χ0) is 18.8. The molecule has 0 unspecified atom stereocenters. The van der Waals surface area contributed by atoms with Gasteiger partial charge < -0.3 is 18.9 Å². The average molecular weight is 358 g/mol. The Labute approximate surface area is 157 Å². The number of aryl methyl sites for hydroxylation is 2. The lowest BCUT2D eigenvalue weighted by molar-refractivity contribution is 0.354. The summed E-state index contributed by atoms with van der Waals surface area (Å²) in [5, 5.41) is 0. The molecular formula is C22H30O4. The predicted octanol–water partition coefficient (Wildman–Crippen LogP) is 5.07. The molecule has 0 bridgehead atoms. The Morgan fingerprint density at radius 2 is 0.885 bits per heavy atom. The molecule has 4 nitrogen and oxygen atoms in total. The predicted molar refractivity (Wildman–Crippen MR) is 105 cm³/mol. The van der Waals surface area contributed by atoms with Crippen molar-refractivity contribution in [3.8, 4) is 23.0 Å². The molecule has 0 atom stereocenters. The number of ether oxygens (including phenoxy) is 4. The van der Waals surface area contributed by atoms with Gasteiger partial charge in [0, 0.05) is 0 Å². The largest absolute Gasteiger partial charge is 0.493 e. The van der Waals surface area contributed by atoms with Gasteiger partial charge in [-0.25, -0.2) is 0 Å². The summed E-state index contributed by atoms with van der Waals surface area (Å²) in [5.41, 5.74) is 2.59. The Bertz CT molecular complexity index is 622. The number of methoxy groups -OCH3 is 4. The second-order valence-corrected chi connectivity index (χ2v) is 6.29. The van der Waals surface area contributed by atoms with Crippen LogP contribution in [0.1, 0.15) is 36.8 Å². The first-order valence-corrected chi connectivity index (χ1v) is 9.13. The van der Waals surface area contributed by atoms with Crippen LogP contribution >= 0.6 is 0 Å². The third-order valence-electron chi connectivity index (χ3n) is 4.58. The van der Waals surface area contributed by atoms with E-state index >= 15 is 0 Å². The Balaban J connectivity index is 1.71. The summed E-state index contributed by atoms with van der Waals surface area (Å²) in [4.78, 5) is 0. The molecule has 2 rings (SSSR count). The van der Waals surface area contributed by atoms with Gasteiger partial charge in [-0.15, -0.1) is 0 Å². The topological polar surface area (TPSA) is 36.9 Å². The zero-order valence-corrected chi connectivity index (χ0v) is 16.3. The van der Waals surface area contributed by atoms with E-state index < -0.39 is 0 Å². The van der Waals surface area contributed by atoms with Crippen LogP contribution in [0.5, 0.6) is 23.0 Å². The highest BCUT2D eigenvalue weighted by Gasteiger charge is 2.06. The van der Waals surface area contributed by atoms with E-state index in [1.165, 1.54) is 36.8 Å². The summed E-state index contributed by atoms with van der Waals surface area (Å²) >= 11 is 0. The van der Waals surface area contributed by atoms with Crippen LogP contribution < -0.4 is 18.9 Å². The fraction of sp³-hybridized carbons (Fsp3) is 0.455. The van der Waals surface area contributed by atoms with Crippen LogP contribution in [0.15, 0.2) is 36.4 Å². The van der Waals surface area contributed by atoms with Gasteiger partial charge in [0.1, 0.15) is 0 Å². The second-order valence-electron chi connectivity index (χ2n) is 6.29. The molecule has 0 fully saturated rings. The van der Waals surface area contributed by atoms with E-state index in [9.17, 15) is 0 Å². The summed E-state index contributed by atoms with van der Waals surface area (Å²) in [6, 6.07) is 12.3. The van der Waals surface area contributed by atoms with E-state index in [4.69, 9.17) is 18.9 Å². The van der Waals surface area contributed by atoms with Gasteiger partial charge in [-0.3, -0.25) is 0 Å². The SMILES string of the molecule is COc1ccc(CCCCCCc2ccc(OC)c(OC)c2)cc1OC. The maximum Gasteiger partial charge on any atom is 0.160 e. The van der Waals surface area contributed by atoms with Crippen molar-refractivity contribution in [2.45, 2.75) is 38.5 Å². The van der Waals surface area contributed by atoms with Gasteiger partial charge in [-0.1, -0.05) is 25.0 Å². The minimum atomic E-state index is 0.783. The standard InChI is InChI=1S/C22H30O4/c1-23-19-13-11-17(15-21(19)25-3)9-7-5-6-8-10-18-12-14-20(24-2)22(16-18)26-4/h11-16H,5-10H2,1-4H3. The Kier molecular flexibility index (Phi) is 8.13. The third kappa shape index (κ3) is 5.58. The van der Waals surface area contributed by atoms with Crippen LogP contribution in [-0.4, -0.2) is 28.4 Å². The molecule has 0 spiro atoms. The maximum atomic E-state index is 5.36. The van der Waals surface area contributed by atoms with E-state index in [1.54, 1.807) is 28.4 Å². The lowest BCUT2D eigenvalue weighted by Crippen LogP contribution is -1.94. The molecule has 0 aliphatic carbocycles. The fourth-order valence-electron chi connectivity index (χ4n) is 3.08. The first-order valence-electron chi connectivity index (χ1n) is 9.13. The molecule has 0 radical (unpaired) electrons. The molecule has 0 saturated heterocycles. The second kappa shape index (κ2) is 10.6. The Morgan fingerprint density at radius 3 is 1.23 bits per heavy atom.